The molecular formula is C19H19FN6O3S. The Balaban J connectivity index is 1.68. The Bertz CT molecular complexity index is 1250. The standard InChI is InChI=1S/C19H19FN6O3S/c1-10-18(21)26-16(8-30(10,27)28)13-5-11(3-4-14(13)20)25-19-17-15(23-9-24-19)6-12(29-2)7-22-17/h3-7,9-10,16H,8H2,1-2H3,(H2,21,26)(H,23,24,25). The normalized spacial score (nSPS) is 20.6. The molecule has 156 valence electrons. The van der Waals surface area contributed by atoms with Crippen LogP contribution < -0.4 is 15.4 Å². The van der Waals surface area contributed by atoms with Crippen LogP contribution in [-0.2, 0) is 9.84 Å². The number of benzene rings is 1. The highest BCUT2D eigenvalue weighted by atomic mass is 32.2. The van der Waals surface area contributed by atoms with Crippen molar-refractivity contribution in [3.05, 3.63) is 48.2 Å². The zero-order valence-electron chi connectivity index (χ0n) is 16.2. The van der Waals surface area contributed by atoms with Gasteiger partial charge in [-0.15, -0.1) is 0 Å². The number of rotatable bonds is 4. The lowest BCUT2D eigenvalue weighted by atomic mass is 10.1. The van der Waals surface area contributed by atoms with Crippen molar-refractivity contribution < 1.29 is 17.5 Å². The van der Waals surface area contributed by atoms with Gasteiger partial charge in [0.25, 0.3) is 0 Å². The van der Waals surface area contributed by atoms with Crippen LogP contribution in [0, 0.1) is 11.2 Å². The van der Waals surface area contributed by atoms with Crippen LogP contribution in [0.4, 0.5) is 15.9 Å². The Morgan fingerprint density at radius 3 is 2.80 bits per heavy atom. The Morgan fingerprint density at radius 2 is 2.07 bits per heavy atom. The fourth-order valence-electron chi connectivity index (χ4n) is 3.22. The number of methoxy groups -OCH3 is 1. The number of aromatic nitrogens is 3. The first kappa shape index (κ1) is 20.0. The van der Waals surface area contributed by atoms with Crippen LogP contribution in [0.15, 0.2) is 36.8 Å². The Morgan fingerprint density at radius 1 is 1.27 bits per heavy atom. The first-order valence-electron chi connectivity index (χ1n) is 9.06. The summed E-state index contributed by atoms with van der Waals surface area (Å²) in [5, 5.41) is 12.8. The highest BCUT2D eigenvalue weighted by molar-refractivity contribution is 7.92. The molecule has 2 unspecified atom stereocenters. The molecule has 0 spiro atoms. The van der Waals surface area contributed by atoms with Gasteiger partial charge in [-0.25, -0.2) is 27.8 Å². The molecule has 1 aliphatic rings. The van der Waals surface area contributed by atoms with Gasteiger partial charge in [0.2, 0.25) is 0 Å². The van der Waals surface area contributed by atoms with E-state index in [1.54, 1.807) is 6.07 Å². The lowest BCUT2D eigenvalue weighted by molar-refractivity contribution is 0.413. The fraction of sp³-hybridized carbons (Fsp3) is 0.263. The molecule has 0 bridgehead atoms. The maximum absolute atomic E-state index is 14.5. The number of hydrogen-bond acceptors (Lipinski definition) is 8. The van der Waals surface area contributed by atoms with Crippen molar-refractivity contribution in [1.82, 2.24) is 20.3 Å². The molecule has 1 aromatic carbocycles. The van der Waals surface area contributed by atoms with Crippen molar-refractivity contribution in [1.29, 1.82) is 5.41 Å². The van der Waals surface area contributed by atoms with Gasteiger partial charge in [-0.2, -0.15) is 0 Å². The maximum Gasteiger partial charge on any atom is 0.162 e. The van der Waals surface area contributed by atoms with Gasteiger partial charge in [-0.1, -0.05) is 0 Å². The molecular weight excluding hydrogens is 411 g/mol. The zero-order valence-corrected chi connectivity index (χ0v) is 17.0. The maximum atomic E-state index is 14.5. The molecule has 3 N–H and O–H groups in total. The van der Waals surface area contributed by atoms with Crippen LogP contribution in [-0.4, -0.2) is 47.3 Å². The highest BCUT2D eigenvalue weighted by Crippen LogP contribution is 2.29. The number of anilines is 2. The monoisotopic (exact) mass is 430 g/mol. The summed E-state index contributed by atoms with van der Waals surface area (Å²) in [5.41, 5.74) is 1.70. The van der Waals surface area contributed by atoms with E-state index in [2.05, 4.69) is 25.6 Å². The van der Waals surface area contributed by atoms with Crippen molar-refractivity contribution in [2.24, 2.45) is 0 Å². The van der Waals surface area contributed by atoms with Crippen LogP contribution in [0.25, 0.3) is 11.0 Å². The second-order valence-corrected chi connectivity index (χ2v) is 9.27. The molecule has 4 rings (SSSR count). The molecule has 0 radical (unpaired) electrons. The molecule has 2 atom stereocenters. The van der Waals surface area contributed by atoms with Gasteiger partial charge in [-0.05, 0) is 25.1 Å². The topological polar surface area (TPSA) is 130 Å². The lowest BCUT2D eigenvalue weighted by Gasteiger charge is -2.30. The number of ether oxygens (including phenoxy) is 1. The van der Waals surface area contributed by atoms with E-state index in [0.29, 0.717) is 28.3 Å². The zero-order chi connectivity index (χ0) is 21.5. The molecule has 0 amide bonds. The summed E-state index contributed by atoms with van der Waals surface area (Å²) in [4.78, 5) is 12.7. The van der Waals surface area contributed by atoms with Gasteiger partial charge in [0, 0.05) is 17.3 Å². The van der Waals surface area contributed by atoms with E-state index < -0.39 is 26.9 Å². The van der Waals surface area contributed by atoms with Crippen molar-refractivity contribution in [2.75, 3.05) is 18.2 Å². The summed E-state index contributed by atoms with van der Waals surface area (Å²) < 4.78 is 44.3. The number of fused-ring (bicyclic) bond motifs is 1. The first-order valence-corrected chi connectivity index (χ1v) is 10.8. The smallest absolute Gasteiger partial charge is 0.162 e. The molecule has 0 saturated carbocycles. The molecule has 0 aliphatic carbocycles. The van der Waals surface area contributed by atoms with Gasteiger partial charge < -0.3 is 15.4 Å². The van der Waals surface area contributed by atoms with E-state index in [0.717, 1.165) is 0 Å². The van der Waals surface area contributed by atoms with Crippen molar-refractivity contribution in [3.63, 3.8) is 0 Å². The minimum Gasteiger partial charge on any atom is -0.495 e. The summed E-state index contributed by atoms with van der Waals surface area (Å²) in [6, 6.07) is 5.12. The van der Waals surface area contributed by atoms with E-state index >= 15 is 0 Å². The number of pyridine rings is 1. The number of amidine groups is 1. The van der Waals surface area contributed by atoms with Crippen LogP contribution in [0.3, 0.4) is 0 Å². The van der Waals surface area contributed by atoms with Gasteiger partial charge in [0.1, 0.15) is 34.5 Å². The molecule has 30 heavy (non-hydrogen) atoms. The third-order valence-corrected chi connectivity index (χ3v) is 7.11. The van der Waals surface area contributed by atoms with E-state index in [4.69, 9.17) is 10.1 Å². The molecule has 9 nitrogen and oxygen atoms in total. The second-order valence-electron chi connectivity index (χ2n) is 6.91. The summed E-state index contributed by atoms with van der Waals surface area (Å²) in [5.74, 6) is -0.0485. The van der Waals surface area contributed by atoms with Crippen LogP contribution in [0.1, 0.15) is 18.5 Å². The largest absolute Gasteiger partial charge is 0.495 e. The summed E-state index contributed by atoms with van der Waals surface area (Å²) in [7, 11) is -2.02. The summed E-state index contributed by atoms with van der Waals surface area (Å²) in [6.45, 7) is 1.44. The second kappa shape index (κ2) is 7.48. The highest BCUT2D eigenvalue weighted by Gasteiger charge is 2.36. The van der Waals surface area contributed by atoms with Gasteiger partial charge in [0.05, 0.1) is 30.6 Å². The van der Waals surface area contributed by atoms with Crippen LogP contribution in [0.5, 0.6) is 5.75 Å². The quantitative estimate of drug-likeness (QED) is 0.575. The minimum atomic E-state index is -3.55. The predicted octanol–water partition coefficient (Wildman–Crippen LogP) is 2.34. The lowest BCUT2D eigenvalue weighted by Crippen LogP contribution is -2.49. The Labute approximate surface area is 172 Å². The molecule has 3 aromatic rings. The third kappa shape index (κ3) is 3.63. The average molecular weight is 430 g/mol. The number of sulfone groups is 1. The molecule has 11 heteroatoms. The Kier molecular flexibility index (Phi) is 4.98. The number of nitrogens with zero attached hydrogens (tertiary/aromatic N) is 3. The van der Waals surface area contributed by atoms with Crippen molar-refractivity contribution in [3.8, 4) is 5.75 Å². The minimum absolute atomic E-state index is 0.146. The molecule has 1 fully saturated rings. The Hall–Kier alpha value is -3.34. The number of hydrogen-bond donors (Lipinski definition) is 3. The van der Waals surface area contributed by atoms with Gasteiger partial charge in [-0.3, -0.25) is 5.41 Å². The summed E-state index contributed by atoms with van der Waals surface area (Å²) in [6.07, 6.45) is 2.91. The van der Waals surface area contributed by atoms with Crippen molar-refractivity contribution in [2.45, 2.75) is 18.2 Å². The molecule has 1 saturated heterocycles. The van der Waals surface area contributed by atoms with E-state index in [1.165, 1.54) is 44.8 Å². The first-order chi connectivity index (χ1) is 14.3. The third-order valence-electron chi connectivity index (χ3n) is 4.99. The number of halogens is 1. The van der Waals surface area contributed by atoms with E-state index in [-0.39, 0.29) is 17.2 Å². The van der Waals surface area contributed by atoms with E-state index in [1.807, 2.05) is 0 Å². The molecule has 1 aliphatic heterocycles. The average Bonchev–Trinajstić information content (AvgIpc) is 2.72. The van der Waals surface area contributed by atoms with Gasteiger partial charge in [0.15, 0.2) is 15.7 Å². The summed E-state index contributed by atoms with van der Waals surface area (Å²) >= 11 is 0. The van der Waals surface area contributed by atoms with E-state index in [9.17, 15) is 12.8 Å². The van der Waals surface area contributed by atoms with Crippen LogP contribution >= 0.6 is 0 Å². The molecule has 2 aromatic heterocycles. The number of nitrogens with one attached hydrogen (secondary N) is 3. The predicted molar refractivity (Wildman–Crippen MR) is 110 cm³/mol. The van der Waals surface area contributed by atoms with Crippen LogP contribution in [0.2, 0.25) is 0 Å². The molecule has 3 heterocycles. The SMILES string of the molecule is COc1cnc2c(Nc3ccc(F)c(C4CS(=O)(=O)C(C)C(=N)N4)c3)ncnc2c1. The fourth-order valence-corrected chi connectivity index (χ4v) is 4.67. The van der Waals surface area contributed by atoms with Gasteiger partial charge >= 0.3 is 0 Å². The van der Waals surface area contributed by atoms with Crippen molar-refractivity contribution >= 4 is 38.2 Å².